The lowest BCUT2D eigenvalue weighted by Gasteiger charge is -2.35. The Morgan fingerprint density at radius 3 is 2.35 bits per heavy atom. The van der Waals surface area contributed by atoms with E-state index < -0.39 is 4.92 Å². The highest BCUT2D eigenvalue weighted by Gasteiger charge is 2.31. The van der Waals surface area contributed by atoms with Crippen molar-refractivity contribution in [1.29, 1.82) is 5.26 Å². The Kier molecular flexibility index (Phi) is 5.71. The standard InChI is InChI=1S/C19H24N4O3/c20-14-15-5-6-17(18(13-15)23(25)26)21-11-7-16(8-12-21)19(24)22-9-3-1-2-4-10-22/h5-6,13,16H,1-4,7-12H2. The highest BCUT2D eigenvalue weighted by Crippen LogP contribution is 2.32. The molecule has 1 aromatic carbocycles. The quantitative estimate of drug-likeness (QED) is 0.613. The Labute approximate surface area is 153 Å². The fraction of sp³-hybridized carbons (Fsp3) is 0.579. The van der Waals surface area contributed by atoms with Crippen LogP contribution in [0.25, 0.3) is 0 Å². The van der Waals surface area contributed by atoms with Gasteiger partial charge in [-0.15, -0.1) is 0 Å². The molecule has 0 saturated carbocycles. The van der Waals surface area contributed by atoms with Gasteiger partial charge < -0.3 is 9.80 Å². The van der Waals surface area contributed by atoms with Gasteiger partial charge in [0.15, 0.2) is 0 Å². The van der Waals surface area contributed by atoms with Crippen LogP contribution in [0.1, 0.15) is 44.1 Å². The Hall–Kier alpha value is -2.62. The first-order valence-electron chi connectivity index (χ1n) is 9.32. The number of benzene rings is 1. The summed E-state index contributed by atoms with van der Waals surface area (Å²) in [6.45, 7) is 2.97. The minimum atomic E-state index is -0.440. The van der Waals surface area contributed by atoms with Crippen LogP contribution in [-0.2, 0) is 4.79 Å². The van der Waals surface area contributed by atoms with Gasteiger partial charge >= 0.3 is 0 Å². The molecule has 0 aromatic heterocycles. The highest BCUT2D eigenvalue weighted by atomic mass is 16.6. The molecular weight excluding hydrogens is 332 g/mol. The van der Waals surface area contributed by atoms with Crippen molar-refractivity contribution < 1.29 is 9.72 Å². The smallest absolute Gasteiger partial charge is 0.293 e. The molecule has 3 rings (SSSR count). The molecule has 0 radical (unpaired) electrons. The molecule has 138 valence electrons. The monoisotopic (exact) mass is 356 g/mol. The Morgan fingerprint density at radius 2 is 1.77 bits per heavy atom. The molecule has 0 N–H and O–H groups in total. The van der Waals surface area contributed by atoms with Crippen molar-refractivity contribution >= 4 is 17.3 Å². The molecule has 2 fully saturated rings. The molecule has 0 bridgehead atoms. The molecule has 1 amide bonds. The van der Waals surface area contributed by atoms with Crippen LogP contribution in [0.5, 0.6) is 0 Å². The van der Waals surface area contributed by atoms with Crippen LogP contribution in [0.15, 0.2) is 18.2 Å². The van der Waals surface area contributed by atoms with Crippen molar-refractivity contribution in [2.75, 3.05) is 31.1 Å². The average Bonchev–Trinajstić information content (AvgIpc) is 2.96. The lowest BCUT2D eigenvalue weighted by atomic mass is 9.94. The zero-order chi connectivity index (χ0) is 18.5. The lowest BCUT2D eigenvalue weighted by molar-refractivity contribution is -0.384. The molecule has 0 atom stereocenters. The van der Waals surface area contributed by atoms with Crippen LogP contribution in [0, 0.1) is 27.4 Å². The van der Waals surface area contributed by atoms with Crippen LogP contribution in [0.2, 0.25) is 0 Å². The van der Waals surface area contributed by atoms with Gasteiger partial charge in [0.05, 0.1) is 16.6 Å². The predicted octanol–water partition coefficient (Wildman–Crippen LogP) is 3.09. The van der Waals surface area contributed by atoms with E-state index in [1.165, 1.54) is 18.9 Å². The molecule has 26 heavy (non-hydrogen) atoms. The van der Waals surface area contributed by atoms with Crippen LogP contribution < -0.4 is 4.90 Å². The van der Waals surface area contributed by atoms with Crippen molar-refractivity contribution in [3.8, 4) is 6.07 Å². The van der Waals surface area contributed by atoms with Crippen LogP contribution in [0.4, 0.5) is 11.4 Å². The summed E-state index contributed by atoms with van der Waals surface area (Å²) in [5.74, 6) is 0.266. The summed E-state index contributed by atoms with van der Waals surface area (Å²) in [4.78, 5) is 27.7. The van der Waals surface area contributed by atoms with Crippen molar-refractivity contribution in [3.05, 3.63) is 33.9 Å². The van der Waals surface area contributed by atoms with Crippen molar-refractivity contribution in [1.82, 2.24) is 4.90 Å². The predicted molar refractivity (Wildman–Crippen MR) is 97.8 cm³/mol. The number of hydrogen-bond donors (Lipinski definition) is 0. The molecule has 7 nitrogen and oxygen atoms in total. The fourth-order valence-electron chi connectivity index (χ4n) is 3.92. The highest BCUT2D eigenvalue weighted by molar-refractivity contribution is 5.79. The maximum absolute atomic E-state index is 12.8. The summed E-state index contributed by atoms with van der Waals surface area (Å²) in [5.41, 5.74) is 0.780. The van der Waals surface area contributed by atoms with Gasteiger partial charge in [-0.3, -0.25) is 14.9 Å². The van der Waals surface area contributed by atoms with E-state index in [9.17, 15) is 14.9 Å². The first-order valence-corrected chi connectivity index (χ1v) is 9.32. The average molecular weight is 356 g/mol. The number of nitriles is 1. The van der Waals surface area contributed by atoms with Gasteiger partial charge in [-0.25, -0.2) is 0 Å². The number of hydrogen-bond acceptors (Lipinski definition) is 5. The fourth-order valence-corrected chi connectivity index (χ4v) is 3.92. The molecule has 2 aliphatic rings. The van der Waals surface area contributed by atoms with Gasteiger partial charge in [0, 0.05) is 38.2 Å². The third-order valence-corrected chi connectivity index (χ3v) is 5.40. The Bertz CT molecular complexity index is 712. The second-order valence-electron chi connectivity index (χ2n) is 7.07. The van der Waals surface area contributed by atoms with Gasteiger partial charge in [-0.1, -0.05) is 12.8 Å². The zero-order valence-corrected chi connectivity index (χ0v) is 14.9. The third-order valence-electron chi connectivity index (χ3n) is 5.40. The SMILES string of the molecule is N#Cc1ccc(N2CCC(C(=O)N3CCCCCC3)CC2)c([N+](=O)[O-])c1. The maximum Gasteiger partial charge on any atom is 0.293 e. The molecule has 7 heteroatoms. The van der Waals surface area contributed by atoms with Crippen molar-refractivity contribution in [2.24, 2.45) is 5.92 Å². The number of piperidine rings is 1. The first kappa shape index (κ1) is 18.2. The Balaban J connectivity index is 1.66. The van der Waals surface area contributed by atoms with E-state index in [0.717, 1.165) is 25.9 Å². The van der Waals surface area contributed by atoms with E-state index in [0.29, 0.717) is 31.6 Å². The number of nitrogens with zero attached hydrogens (tertiary/aromatic N) is 4. The number of nitro groups is 1. The number of carbonyl (C=O) groups is 1. The normalized spacial score (nSPS) is 18.9. The number of likely N-dealkylation sites (tertiary alicyclic amines) is 1. The third kappa shape index (κ3) is 3.96. The second-order valence-corrected chi connectivity index (χ2v) is 7.07. The summed E-state index contributed by atoms with van der Waals surface area (Å²) in [6, 6.07) is 6.52. The topological polar surface area (TPSA) is 90.5 Å². The summed E-state index contributed by atoms with van der Waals surface area (Å²) in [7, 11) is 0. The van der Waals surface area contributed by atoms with E-state index in [1.54, 1.807) is 12.1 Å². The minimum Gasteiger partial charge on any atom is -0.366 e. The van der Waals surface area contributed by atoms with Crippen molar-refractivity contribution in [2.45, 2.75) is 38.5 Å². The van der Waals surface area contributed by atoms with E-state index in [-0.39, 0.29) is 23.1 Å². The summed E-state index contributed by atoms with van der Waals surface area (Å²) >= 11 is 0. The van der Waals surface area contributed by atoms with Crippen LogP contribution in [-0.4, -0.2) is 41.9 Å². The van der Waals surface area contributed by atoms with Crippen LogP contribution in [0.3, 0.4) is 0 Å². The van der Waals surface area contributed by atoms with Crippen LogP contribution >= 0.6 is 0 Å². The van der Waals surface area contributed by atoms with Gasteiger partial charge in [-0.05, 0) is 37.8 Å². The first-order chi connectivity index (χ1) is 12.6. The number of nitro benzene ring substituents is 1. The molecule has 2 heterocycles. The summed E-state index contributed by atoms with van der Waals surface area (Å²) in [6.07, 6.45) is 6.00. The summed E-state index contributed by atoms with van der Waals surface area (Å²) in [5, 5.41) is 20.3. The number of amides is 1. The second kappa shape index (κ2) is 8.17. The van der Waals surface area contributed by atoms with E-state index >= 15 is 0 Å². The molecule has 2 saturated heterocycles. The largest absolute Gasteiger partial charge is 0.366 e. The zero-order valence-electron chi connectivity index (χ0n) is 14.9. The molecular formula is C19H24N4O3. The van der Waals surface area contributed by atoms with Gasteiger partial charge in [-0.2, -0.15) is 5.26 Å². The maximum atomic E-state index is 12.8. The van der Waals surface area contributed by atoms with E-state index in [2.05, 4.69) is 0 Å². The molecule has 0 unspecified atom stereocenters. The molecule has 0 spiro atoms. The van der Waals surface area contributed by atoms with Crippen molar-refractivity contribution in [3.63, 3.8) is 0 Å². The summed E-state index contributed by atoms with van der Waals surface area (Å²) < 4.78 is 0. The van der Waals surface area contributed by atoms with E-state index in [4.69, 9.17) is 5.26 Å². The molecule has 1 aromatic rings. The number of anilines is 1. The Morgan fingerprint density at radius 1 is 1.12 bits per heavy atom. The number of rotatable bonds is 3. The number of carbonyl (C=O) groups excluding carboxylic acids is 1. The molecule has 0 aliphatic carbocycles. The lowest BCUT2D eigenvalue weighted by Crippen LogP contribution is -2.43. The van der Waals surface area contributed by atoms with Gasteiger partial charge in [0.1, 0.15) is 5.69 Å². The molecule has 2 aliphatic heterocycles. The minimum absolute atomic E-state index is 0.0155. The van der Waals surface area contributed by atoms with Gasteiger partial charge in [0.25, 0.3) is 5.69 Å². The van der Waals surface area contributed by atoms with E-state index in [1.807, 2.05) is 15.9 Å². The van der Waals surface area contributed by atoms with Gasteiger partial charge in [0.2, 0.25) is 5.91 Å².